The van der Waals surface area contributed by atoms with Crippen LogP contribution in [0.5, 0.6) is 0 Å². The van der Waals surface area contributed by atoms with Gasteiger partial charge in [0.15, 0.2) is 18.9 Å². The van der Waals surface area contributed by atoms with Crippen molar-refractivity contribution in [2.75, 3.05) is 5.32 Å². The van der Waals surface area contributed by atoms with Crippen LogP contribution in [0.1, 0.15) is 12.0 Å². The summed E-state index contributed by atoms with van der Waals surface area (Å²) in [7, 11) is 0. The summed E-state index contributed by atoms with van der Waals surface area (Å²) in [5.41, 5.74) is 2.09. The third kappa shape index (κ3) is 3.31. The lowest BCUT2D eigenvalue weighted by molar-refractivity contribution is -0.695. The van der Waals surface area contributed by atoms with Gasteiger partial charge in [0, 0.05) is 23.2 Å². The number of nitrogens with zero attached hydrogens (tertiary/aromatic N) is 1. The molecule has 0 aliphatic heterocycles. The Balaban J connectivity index is 1.67. The fraction of sp³-hybridized carbons (Fsp3) is 0.158. The van der Waals surface area contributed by atoms with Gasteiger partial charge in [-0.2, -0.15) is 0 Å². The largest absolute Gasteiger partial charge is 0.325 e. The Morgan fingerprint density at radius 3 is 2.55 bits per heavy atom. The van der Waals surface area contributed by atoms with E-state index in [0.29, 0.717) is 13.0 Å². The molecule has 0 saturated carbocycles. The van der Waals surface area contributed by atoms with Crippen molar-refractivity contribution in [3.8, 4) is 0 Å². The minimum absolute atomic E-state index is 0.0319. The predicted molar refractivity (Wildman–Crippen MR) is 88.6 cm³/mol. The van der Waals surface area contributed by atoms with Crippen LogP contribution in [0.4, 0.5) is 5.69 Å². The maximum Gasteiger partial charge on any atom is 0.230 e. The van der Waals surface area contributed by atoms with E-state index in [1.54, 1.807) is 0 Å². The fourth-order valence-electron chi connectivity index (χ4n) is 2.46. The van der Waals surface area contributed by atoms with Gasteiger partial charge in [-0.15, -0.1) is 0 Å². The van der Waals surface area contributed by atoms with Gasteiger partial charge in [-0.25, -0.2) is 4.57 Å². The average Bonchev–Trinajstić information content (AvgIpc) is 2.55. The third-order valence-corrected chi connectivity index (χ3v) is 3.72. The molecule has 0 aliphatic carbocycles. The van der Waals surface area contributed by atoms with E-state index in [9.17, 15) is 4.79 Å². The van der Waals surface area contributed by atoms with Crippen LogP contribution in [-0.2, 0) is 11.3 Å². The van der Waals surface area contributed by atoms with Crippen molar-refractivity contribution in [2.24, 2.45) is 0 Å². The van der Waals surface area contributed by atoms with Crippen molar-refractivity contribution in [3.05, 3.63) is 72.6 Å². The molecule has 0 atom stereocenters. The molecule has 1 amide bonds. The highest BCUT2D eigenvalue weighted by atomic mass is 16.1. The highest BCUT2D eigenvalue weighted by Crippen LogP contribution is 2.22. The number of pyridine rings is 1. The first kappa shape index (κ1) is 14.3. The van der Waals surface area contributed by atoms with Gasteiger partial charge in [0.05, 0.1) is 6.42 Å². The second-order valence-corrected chi connectivity index (χ2v) is 5.44. The minimum atomic E-state index is 0.0319. The highest BCUT2D eigenvalue weighted by molar-refractivity contribution is 6.01. The maximum absolute atomic E-state index is 12.2. The van der Waals surface area contributed by atoms with Crippen LogP contribution in [0, 0.1) is 6.92 Å². The van der Waals surface area contributed by atoms with Crippen molar-refractivity contribution >= 4 is 22.4 Å². The molecule has 0 saturated heterocycles. The molecule has 2 aromatic carbocycles. The number of amides is 1. The van der Waals surface area contributed by atoms with Crippen molar-refractivity contribution in [1.82, 2.24) is 0 Å². The maximum atomic E-state index is 12.2. The number of carbonyl (C=O) groups excluding carboxylic acids is 1. The minimum Gasteiger partial charge on any atom is -0.325 e. The molecule has 1 N–H and O–H groups in total. The second kappa shape index (κ2) is 6.39. The Bertz CT molecular complexity index is 789. The molecule has 0 unspecified atom stereocenters. The molecule has 3 nitrogen and oxygen atoms in total. The summed E-state index contributed by atoms with van der Waals surface area (Å²) in [6.07, 6.45) is 4.46. The smallest absolute Gasteiger partial charge is 0.230 e. The van der Waals surface area contributed by atoms with Gasteiger partial charge in [-0.3, -0.25) is 4.79 Å². The van der Waals surface area contributed by atoms with E-state index >= 15 is 0 Å². The van der Waals surface area contributed by atoms with E-state index in [2.05, 4.69) is 12.2 Å². The first-order chi connectivity index (χ1) is 10.7. The van der Waals surface area contributed by atoms with E-state index < -0.39 is 0 Å². The number of hydrogen-bond donors (Lipinski definition) is 1. The van der Waals surface area contributed by atoms with E-state index in [1.165, 1.54) is 5.56 Å². The summed E-state index contributed by atoms with van der Waals surface area (Å²) in [5.74, 6) is 0.0319. The van der Waals surface area contributed by atoms with E-state index in [-0.39, 0.29) is 5.91 Å². The molecule has 0 aliphatic rings. The van der Waals surface area contributed by atoms with Gasteiger partial charge >= 0.3 is 0 Å². The molecule has 1 aromatic heterocycles. The van der Waals surface area contributed by atoms with Crippen molar-refractivity contribution in [3.63, 3.8) is 0 Å². The third-order valence-electron chi connectivity index (χ3n) is 3.72. The molecule has 0 fully saturated rings. The van der Waals surface area contributed by atoms with Crippen molar-refractivity contribution < 1.29 is 9.36 Å². The zero-order valence-electron chi connectivity index (χ0n) is 12.6. The standard InChI is InChI=1S/C19H18N2O/c1-15-9-12-21(13-10-15)14-11-19(22)20-18-8-4-6-16-5-2-3-7-17(16)18/h2-10,12-13H,11,14H2,1H3/p+1. The van der Waals surface area contributed by atoms with Crippen LogP contribution < -0.4 is 9.88 Å². The zero-order valence-corrected chi connectivity index (χ0v) is 12.6. The summed E-state index contributed by atoms with van der Waals surface area (Å²) in [6.45, 7) is 2.73. The number of aryl methyl sites for hydroxylation is 2. The summed E-state index contributed by atoms with van der Waals surface area (Å²) < 4.78 is 2.02. The number of nitrogens with one attached hydrogen (secondary N) is 1. The molecule has 3 rings (SSSR count). The van der Waals surface area contributed by atoms with Crippen LogP contribution in [0.15, 0.2) is 67.0 Å². The van der Waals surface area contributed by atoms with Gasteiger partial charge in [-0.1, -0.05) is 36.4 Å². The molecule has 3 heteroatoms. The average molecular weight is 291 g/mol. The molecule has 110 valence electrons. The SMILES string of the molecule is Cc1cc[n+](CCC(=O)Nc2cccc3ccccc23)cc1. The van der Waals surface area contributed by atoms with Crippen LogP contribution >= 0.6 is 0 Å². The molecular formula is C19H19N2O+. The van der Waals surface area contributed by atoms with Crippen LogP contribution in [0.25, 0.3) is 10.8 Å². The van der Waals surface area contributed by atoms with Crippen LogP contribution in [-0.4, -0.2) is 5.91 Å². The Hall–Kier alpha value is -2.68. The molecule has 1 heterocycles. The Labute approximate surface area is 130 Å². The first-order valence-electron chi connectivity index (χ1n) is 7.46. The van der Waals surface area contributed by atoms with E-state index in [4.69, 9.17) is 0 Å². The number of rotatable bonds is 4. The van der Waals surface area contributed by atoms with Crippen molar-refractivity contribution in [2.45, 2.75) is 19.9 Å². The highest BCUT2D eigenvalue weighted by Gasteiger charge is 2.08. The number of anilines is 1. The Kier molecular flexibility index (Phi) is 4.15. The second-order valence-electron chi connectivity index (χ2n) is 5.44. The van der Waals surface area contributed by atoms with Gasteiger partial charge in [-0.05, 0) is 23.9 Å². The number of hydrogen-bond acceptors (Lipinski definition) is 1. The topological polar surface area (TPSA) is 33.0 Å². The number of fused-ring (bicyclic) bond motifs is 1. The molecule has 0 bridgehead atoms. The predicted octanol–water partition coefficient (Wildman–Crippen LogP) is 3.46. The normalized spacial score (nSPS) is 10.6. The molecule has 22 heavy (non-hydrogen) atoms. The van der Waals surface area contributed by atoms with Gasteiger partial charge in [0.25, 0.3) is 0 Å². The fourth-order valence-corrected chi connectivity index (χ4v) is 2.46. The summed E-state index contributed by atoms with van der Waals surface area (Å²) in [4.78, 5) is 12.2. The first-order valence-corrected chi connectivity index (χ1v) is 7.46. The lowest BCUT2D eigenvalue weighted by Gasteiger charge is -2.08. The summed E-state index contributed by atoms with van der Waals surface area (Å²) >= 11 is 0. The summed E-state index contributed by atoms with van der Waals surface area (Å²) in [6, 6.07) is 18.1. The molecular weight excluding hydrogens is 272 g/mol. The molecule has 0 radical (unpaired) electrons. The van der Waals surface area contributed by atoms with Gasteiger partial charge in [0.1, 0.15) is 0 Å². The van der Waals surface area contributed by atoms with Gasteiger partial charge < -0.3 is 5.32 Å². The van der Waals surface area contributed by atoms with Crippen LogP contribution in [0.2, 0.25) is 0 Å². The Morgan fingerprint density at radius 2 is 1.73 bits per heavy atom. The van der Waals surface area contributed by atoms with E-state index in [1.807, 2.05) is 71.6 Å². The number of benzene rings is 2. The molecule has 3 aromatic rings. The lowest BCUT2D eigenvalue weighted by Crippen LogP contribution is -2.34. The molecule has 0 spiro atoms. The number of carbonyl (C=O) groups is 1. The van der Waals surface area contributed by atoms with Crippen molar-refractivity contribution in [1.29, 1.82) is 0 Å². The monoisotopic (exact) mass is 291 g/mol. The lowest BCUT2D eigenvalue weighted by atomic mass is 10.1. The van der Waals surface area contributed by atoms with Gasteiger partial charge in [0.2, 0.25) is 5.91 Å². The van der Waals surface area contributed by atoms with E-state index in [0.717, 1.165) is 16.5 Å². The number of aromatic nitrogens is 1. The quantitative estimate of drug-likeness (QED) is 0.734. The zero-order chi connectivity index (χ0) is 15.4. The Morgan fingerprint density at radius 1 is 1.00 bits per heavy atom. The van der Waals surface area contributed by atoms with Crippen LogP contribution in [0.3, 0.4) is 0 Å². The summed E-state index contributed by atoms with van der Waals surface area (Å²) in [5, 5.41) is 5.22.